The van der Waals surface area contributed by atoms with E-state index in [0.717, 1.165) is 30.5 Å². The summed E-state index contributed by atoms with van der Waals surface area (Å²) in [6.07, 6.45) is 1.96. The molecule has 0 saturated heterocycles. The van der Waals surface area contributed by atoms with Crippen molar-refractivity contribution in [3.05, 3.63) is 74.3 Å². The van der Waals surface area contributed by atoms with Crippen molar-refractivity contribution in [3.8, 4) is 0 Å². The zero-order valence-corrected chi connectivity index (χ0v) is 15.2. The number of amides is 1. The molecule has 0 spiro atoms. The summed E-state index contributed by atoms with van der Waals surface area (Å²) < 4.78 is 4.61. The van der Waals surface area contributed by atoms with Crippen LogP contribution in [0.15, 0.2) is 42.5 Å². The van der Waals surface area contributed by atoms with Crippen molar-refractivity contribution in [1.29, 1.82) is 0 Å². The van der Waals surface area contributed by atoms with Crippen LogP contribution in [-0.4, -0.2) is 23.9 Å². The van der Waals surface area contributed by atoms with Gasteiger partial charge in [0.15, 0.2) is 0 Å². The number of benzene rings is 2. The Balaban J connectivity index is 1.89. The van der Waals surface area contributed by atoms with Crippen molar-refractivity contribution in [1.82, 2.24) is 5.32 Å². The number of ether oxygens (including phenoxy) is 1. The number of nitrogens with one attached hydrogen (secondary N) is 1. The normalized spacial score (nSPS) is 14.3. The Morgan fingerprint density at radius 2 is 1.81 bits per heavy atom. The molecule has 1 saturated carbocycles. The zero-order chi connectivity index (χ0) is 19.6. The molecule has 0 aromatic heterocycles. The molecule has 1 amide bonds. The Hall–Kier alpha value is -2.93. The number of rotatable bonds is 6. The van der Waals surface area contributed by atoms with Gasteiger partial charge in [-0.05, 0) is 42.5 Å². The molecule has 27 heavy (non-hydrogen) atoms. The van der Waals surface area contributed by atoms with Gasteiger partial charge in [0.25, 0.3) is 11.6 Å². The molecule has 7 nitrogen and oxygen atoms in total. The Morgan fingerprint density at radius 3 is 2.37 bits per heavy atom. The minimum atomic E-state index is -0.746. The Labute approximate surface area is 160 Å². The molecular weight excluding hydrogens is 372 g/mol. The van der Waals surface area contributed by atoms with Gasteiger partial charge in [-0.15, -0.1) is 0 Å². The van der Waals surface area contributed by atoms with E-state index >= 15 is 0 Å². The van der Waals surface area contributed by atoms with E-state index in [9.17, 15) is 19.7 Å². The van der Waals surface area contributed by atoms with E-state index in [-0.39, 0.29) is 22.9 Å². The number of hydrogen-bond acceptors (Lipinski definition) is 5. The number of nitro benzene ring substituents is 1. The average Bonchev–Trinajstić information content (AvgIpc) is 3.50. The summed E-state index contributed by atoms with van der Waals surface area (Å²) in [5.74, 6) is -0.936. The van der Waals surface area contributed by atoms with Gasteiger partial charge in [0.05, 0.1) is 23.6 Å². The molecule has 2 aromatic rings. The maximum atomic E-state index is 12.8. The molecule has 1 aliphatic carbocycles. The maximum absolute atomic E-state index is 12.8. The van der Waals surface area contributed by atoms with Crippen LogP contribution in [0.3, 0.4) is 0 Å². The number of nitrogens with zero attached hydrogens (tertiary/aromatic N) is 1. The van der Waals surface area contributed by atoms with E-state index < -0.39 is 16.8 Å². The molecule has 0 aliphatic heterocycles. The van der Waals surface area contributed by atoms with E-state index in [0.29, 0.717) is 10.9 Å². The van der Waals surface area contributed by atoms with Gasteiger partial charge in [-0.1, -0.05) is 23.7 Å². The summed E-state index contributed by atoms with van der Waals surface area (Å²) in [5, 5.41) is 14.7. The molecule has 1 N–H and O–H groups in total. The first-order valence-electron chi connectivity index (χ1n) is 8.33. The van der Waals surface area contributed by atoms with Crippen LogP contribution in [0.4, 0.5) is 5.69 Å². The number of nitro groups is 1. The number of hydrogen-bond donors (Lipinski definition) is 1. The lowest BCUT2D eigenvalue weighted by Crippen LogP contribution is -2.30. The van der Waals surface area contributed by atoms with Crippen LogP contribution in [0.5, 0.6) is 0 Å². The average molecular weight is 389 g/mol. The SMILES string of the molecule is COC(=O)c1cc(C(=O)N[C@@H](c2ccc(Cl)cc2)C2CC2)cc([N+](=O)[O-])c1. The van der Waals surface area contributed by atoms with Crippen molar-refractivity contribution in [2.45, 2.75) is 18.9 Å². The van der Waals surface area contributed by atoms with Crippen molar-refractivity contribution < 1.29 is 19.2 Å². The third kappa shape index (κ3) is 4.43. The van der Waals surface area contributed by atoms with Gasteiger partial charge in [0.2, 0.25) is 0 Å². The number of methoxy groups -OCH3 is 1. The first kappa shape index (κ1) is 18.8. The Morgan fingerprint density at radius 1 is 1.19 bits per heavy atom. The predicted octanol–water partition coefficient (Wildman–Crippen LogP) is 3.92. The van der Waals surface area contributed by atoms with Crippen LogP contribution in [0.2, 0.25) is 5.02 Å². The van der Waals surface area contributed by atoms with Gasteiger partial charge in [0, 0.05) is 22.7 Å². The Kier molecular flexibility index (Phi) is 5.41. The van der Waals surface area contributed by atoms with Gasteiger partial charge in [-0.2, -0.15) is 0 Å². The molecule has 0 unspecified atom stereocenters. The molecule has 0 bridgehead atoms. The van der Waals surface area contributed by atoms with Crippen LogP contribution >= 0.6 is 11.6 Å². The van der Waals surface area contributed by atoms with Crippen molar-refractivity contribution in [2.75, 3.05) is 7.11 Å². The fraction of sp³-hybridized carbons (Fsp3) is 0.263. The molecule has 1 aliphatic rings. The van der Waals surface area contributed by atoms with Crippen molar-refractivity contribution in [2.24, 2.45) is 5.92 Å². The Bertz CT molecular complexity index is 893. The molecule has 1 atom stereocenters. The summed E-state index contributed by atoms with van der Waals surface area (Å²) in [6, 6.07) is 10.5. The van der Waals surface area contributed by atoms with Gasteiger partial charge < -0.3 is 10.1 Å². The minimum absolute atomic E-state index is 0.0317. The van der Waals surface area contributed by atoms with Crippen LogP contribution in [0, 0.1) is 16.0 Å². The van der Waals surface area contributed by atoms with Crippen LogP contribution in [0.25, 0.3) is 0 Å². The quantitative estimate of drug-likeness (QED) is 0.459. The lowest BCUT2D eigenvalue weighted by molar-refractivity contribution is -0.384. The summed E-state index contributed by atoms with van der Waals surface area (Å²) >= 11 is 5.93. The molecule has 8 heteroatoms. The van der Waals surface area contributed by atoms with E-state index in [1.165, 1.54) is 13.2 Å². The van der Waals surface area contributed by atoms with Crippen molar-refractivity contribution in [3.63, 3.8) is 0 Å². The van der Waals surface area contributed by atoms with Crippen molar-refractivity contribution >= 4 is 29.2 Å². The summed E-state index contributed by atoms with van der Waals surface area (Å²) in [7, 11) is 1.17. The van der Waals surface area contributed by atoms with Crippen LogP contribution in [-0.2, 0) is 4.74 Å². The molecule has 1 fully saturated rings. The highest BCUT2D eigenvalue weighted by Gasteiger charge is 2.34. The van der Waals surface area contributed by atoms with E-state index in [2.05, 4.69) is 10.1 Å². The highest BCUT2D eigenvalue weighted by Crippen LogP contribution is 2.41. The summed E-state index contributed by atoms with van der Waals surface area (Å²) in [6.45, 7) is 0. The molecule has 2 aromatic carbocycles. The number of esters is 1. The molecule has 0 radical (unpaired) electrons. The number of halogens is 1. The lowest BCUT2D eigenvalue weighted by Gasteiger charge is -2.19. The van der Waals surface area contributed by atoms with E-state index in [1.54, 1.807) is 12.1 Å². The van der Waals surface area contributed by atoms with E-state index in [4.69, 9.17) is 11.6 Å². The van der Waals surface area contributed by atoms with E-state index in [1.807, 2.05) is 12.1 Å². The second-order valence-corrected chi connectivity index (χ2v) is 6.79. The highest BCUT2D eigenvalue weighted by atomic mass is 35.5. The molecular formula is C19H17ClN2O5. The third-order valence-electron chi connectivity index (χ3n) is 4.42. The van der Waals surface area contributed by atoms with Gasteiger partial charge in [0.1, 0.15) is 0 Å². The number of carbonyl (C=O) groups is 2. The van der Waals surface area contributed by atoms with Gasteiger partial charge in [-0.25, -0.2) is 4.79 Å². The molecule has 140 valence electrons. The monoisotopic (exact) mass is 388 g/mol. The smallest absolute Gasteiger partial charge is 0.338 e. The largest absolute Gasteiger partial charge is 0.465 e. The topological polar surface area (TPSA) is 98.5 Å². The minimum Gasteiger partial charge on any atom is -0.465 e. The first-order chi connectivity index (χ1) is 12.9. The van der Waals surface area contributed by atoms with Gasteiger partial charge >= 0.3 is 5.97 Å². The second-order valence-electron chi connectivity index (χ2n) is 6.36. The maximum Gasteiger partial charge on any atom is 0.338 e. The lowest BCUT2D eigenvalue weighted by atomic mass is 10.0. The first-order valence-corrected chi connectivity index (χ1v) is 8.71. The molecule has 0 heterocycles. The summed E-state index contributed by atoms with van der Waals surface area (Å²) in [4.78, 5) is 35.0. The zero-order valence-electron chi connectivity index (χ0n) is 14.5. The molecule has 3 rings (SSSR count). The van der Waals surface area contributed by atoms with Crippen LogP contribution in [0.1, 0.15) is 45.2 Å². The van der Waals surface area contributed by atoms with Gasteiger partial charge in [-0.3, -0.25) is 14.9 Å². The number of non-ortho nitro benzene ring substituents is 1. The second kappa shape index (κ2) is 7.75. The fourth-order valence-corrected chi connectivity index (χ4v) is 3.01. The predicted molar refractivity (Wildman–Crippen MR) is 98.8 cm³/mol. The van der Waals surface area contributed by atoms with Crippen LogP contribution < -0.4 is 5.32 Å². The third-order valence-corrected chi connectivity index (χ3v) is 4.67. The number of carbonyl (C=O) groups excluding carboxylic acids is 2. The standard InChI is InChI=1S/C19H17ClN2O5/c1-27-19(24)14-8-13(9-16(10-14)22(25)26)18(23)21-17(11-2-3-11)12-4-6-15(20)7-5-12/h4-11,17H,2-3H2,1H3,(H,21,23)/t17-/m1/s1. The highest BCUT2D eigenvalue weighted by molar-refractivity contribution is 6.30. The summed E-state index contributed by atoms with van der Waals surface area (Å²) in [5.41, 5.74) is 0.543. The fourth-order valence-electron chi connectivity index (χ4n) is 2.88.